The molecular formula is C23H27PS. The Bertz CT molecular complexity index is 765. The Morgan fingerprint density at radius 2 is 1.36 bits per heavy atom. The van der Waals surface area contributed by atoms with Crippen molar-refractivity contribution in [2.24, 2.45) is 0 Å². The van der Waals surface area contributed by atoms with Crippen LogP contribution in [0.4, 0.5) is 0 Å². The summed E-state index contributed by atoms with van der Waals surface area (Å²) >= 11 is 2.06. The highest BCUT2D eigenvalue weighted by Gasteiger charge is 2.30. The minimum atomic E-state index is -0.508. The zero-order valence-corrected chi connectivity index (χ0v) is 17.5. The van der Waals surface area contributed by atoms with Crippen molar-refractivity contribution < 1.29 is 0 Å². The molecule has 1 atom stereocenters. The second kappa shape index (κ2) is 7.52. The number of thioether (sulfide) groups is 1. The number of rotatable bonds is 4. The summed E-state index contributed by atoms with van der Waals surface area (Å²) in [5.41, 5.74) is 2.79. The van der Waals surface area contributed by atoms with Crippen molar-refractivity contribution in [2.75, 3.05) is 0 Å². The third-order valence-electron chi connectivity index (χ3n) is 4.30. The summed E-state index contributed by atoms with van der Waals surface area (Å²) in [7, 11) is -0.508. The van der Waals surface area contributed by atoms with Crippen LogP contribution in [0.5, 0.6) is 0 Å². The van der Waals surface area contributed by atoms with Crippen molar-refractivity contribution in [1.82, 2.24) is 0 Å². The van der Waals surface area contributed by atoms with Gasteiger partial charge < -0.3 is 0 Å². The van der Waals surface area contributed by atoms with E-state index in [1.165, 1.54) is 21.7 Å². The largest absolute Gasteiger partial charge is 0.144 e. The Morgan fingerprint density at radius 3 is 1.84 bits per heavy atom. The molecule has 2 aromatic carbocycles. The van der Waals surface area contributed by atoms with E-state index in [2.05, 4.69) is 113 Å². The van der Waals surface area contributed by atoms with Crippen LogP contribution in [-0.4, -0.2) is 10.00 Å². The number of hydrogen-bond donors (Lipinski definition) is 0. The number of allylic oxidation sites excluding steroid dienone is 2. The molecule has 2 heteroatoms. The Hall–Kier alpha value is -1.30. The normalized spacial score (nSPS) is 17.2. The Kier molecular flexibility index (Phi) is 5.56. The smallest absolute Gasteiger partial charge is 0.0496 e. The molecule has 0 radical (unpaired) electrons. The predicted molar refractivity (Wildman–Crippen MR) is 117 cm³/mol. The van der Waals surface area contributed by atoms with Crippen LogP contribution in [0.25, 0.3) is 0 Å². The second-order valence-electron chi connectivity index (χ2n) is 7.54. The molecule has 1 aliphatic rings. The van der Waals surface area contributed by atoms with Gasteiger partial charge in [0.25, 0.3) is 0 Å². The van der Waals surface area contributed by atoms with E-state index in [9.17, 15) is 0 Å². The molecule has 0 heterocycles. The minimum Gasteiger partial charge on any atom is -0.144 e. The first-order valence-electron chi connectivity index (χ1n) is 8.84. The average Bonchev–Trinajstić information content (AvgIpc) is 2.97. The van der Waals surface area contributed by atoms with Crippen molar-refractivity contribution in [1.29, 1.82) is 0 Å². The summed E-state index contributed by atoms with van der Waals surface area (Å²) in [6.07, 6.45) is 7.00. The average molecular weight is 367 g/mol. The molecule has 0 bridgehead atoms. The summed E-state index contributed by atoms with van der Waals surface area (Å²) < 4.78 is 0.247. The van der Waals surface area contributed by atoms with Crippen LogP contribution in [0.2, 0.25) is 0 Å². The molecule has 25 heavy (non-hydrogen) atoms. The van der Waals surface area contributed by atoms with Crippen LogP contribution in [0.1, 0.15) is 31.9 Å². The fourth-order valence-corrected chi connectivity index (χ4v) is 7.49. The first-order valence-corrected chi connectivity index (χ1v) is 11.1. The first-order chi connectivity index (χ1) is 11.9. The minimum absolute atomic E-state index is 0.247. The van der Waals surface area contributed by atoms with Gasteiger partial charge in [-0.1, -0.05) is 87.5 Å². The van der Waals surface area contributed by atoms with Crippen LogP contribution in [0, 0.1) is 13.8 Å². The van der Waals surface area contributed by atoms with Crippen LogP contribution < -0.4 is 10.6 Å². The lowest BCUT2D eigenvalue weighted by atomic mass is 10.2. The maximum Gasteiger partial charge on any atom is 0.0496 e. The van der Waals surface area contributed by atoms with Gasteiger partial charge in [-0.3, -0.25) is 0 Å². The summed E-state index contributed by atoms with van der Waals surface area (Å²) in [5, 5.41) is 5.01. The fourth-order valence-electron chi connectivity index (χ4n) is 3.17. The Morgan fingerprint density at radius 1 is 0.840 bits per heavy atom. The third-order valence-corrected chi connectivity index (χ3v) is 8.75. The van der Waals surface area contributed by atoms with E-state index in [1.807, 2.05) is 0 Å². The predicted octanol–water partition coefficient (Wildman–Crippen LogP) is 6.09. The SMILES string of the molecule is Cc1ccccc1P(C1=CC=CC1SC(C)(C)C)c1ccccc1C. The number of benzene rings is 2. The van der Waals surface area contributed by atoms with Crippen molar-refractivity contribution in [3.05, 3.63) is 83.2 Å². The summed E-state index contributed by atoms with van der Waals surface area (Å²) in [5.74, 6) is 0. The monoisotopic (exact) mass is 366 g/mol. The van der Waals surface area contributed by atoms with Crippen molar-refractivity contribution in [3.8, 4) is 0 Å². The van der Waals surface area contributed by atoms with E-state index in [0.717, 1.165) is 0 Å². The van der Waals surface area contributed by atoms with Gasteiger partial charge in [0.1, 0.15) is 0 Å². The Labute approximate surface area is 158 Å². The highest BCUT2D eigenvalue weighted by atomic mass is 32.2. The maximum absolute atomic E-state index is 2.37. The van der Waals surface area contributed by atoms with Gasteiger partial charge in [0.15, 0.2) is 0 Å². The van der Waals surface area contributed by atoms with Crippen molar-refractivity contribution in [2.45, 2.75) is 44.6 Å². The molecule has 130 valence electrons. The quantitative estimate of drug-likeness (QED) is 0.590. The van der Waals surface area contributed by atoms with E-state index in [-0.39, 0.29) is 4.75 Å². The summed E-state index contributed by atoms with van der Waals surface area (Å²) in [6.45, 7) is 11.4. The molecule has 0 saturated heterocycles. The van der Waals surface area contributed by atoms with Crippen LogP contribution >= 0.6 is 19.7 Å². The molecule has 1 aliphatic carbocycles. The zero-order valence-electron chi connectivity index (χ0n) is 15.8. The second-order valence-corrected chi connectivity index (χ2v) is 11.7. The summed E-state index contributed by atoms with van der Waals surface area (Å²) in [4.78, 5) is 0. The molecule has 0 spiro atoms. The molecule has 0 amide bonds. The van der Waals surface area contributed by atoms with Gasteiger partial charge in [0, 0.05) is 10.00 Å². The lowest BCUT2D eigenvalue weighted by Gasteiger charge is -2.30. The number of hydrogen-bond acceptors (Lipinski definition) is 1. The molecule has 0 fully saturated rings. The molecule has 0 aliphatic heterocycles. The van der Waals surface area contributed by atoms with E-state index in [0.29, 0.717) is 5.25 Å². The van der Waals surface area contributed by atoms with E-state index >= 15 is 0 Å². The van der Waals surface area contributed by atoms with Crippen LogP contribution in [0.3, 0.4) is 0 Å². The summed E-state index contributed by atoms with van der Waals surface area (Å²) in [6, 6.07) is 17.8. The van der Waals surface area contributed by atoms with Crippen molar-refractivity contribution >= 4 is 30.3 Å². The van der Waals surface area contributed by atoms with Gasteiger partial charge in [-0.2, -0.15) is 0 Å². The molecule has 0 nitrogen and oxygen atoms in total. The topological polar surface area (TPSA) is 0 Å². The molecule has 2 aromatic rings. The molecule has 1 unspecified atom stereocenters. The van der Waals surface area contributed by atoms with E-state index in [4.69, 9.17) is 0 Å². The third kappa shape index (κ3) is 4.27. The first kappa shape index (κ1) is 18.5. The van der Waals surface area contributed by atoms with Gasteiger partial charge in [-0.05, 0) is 48.8 Å². The van der Waals surface area contributed by atoms with Gasteiger partial charge in [-0.25, -0.2) is 0 Å². The van der Waals surface area contributed by atoms with Crippen LogP contribution in [-0.2, 0) is 0 Å². The van der Waals surface area contributed by atoms with Crippen molar-refractivity contribution in [3.63, 3.8) is 0 Å². The zero-order chi connectivity index (χ0) is 18.0. The lowest BCUT2D eigenvalue weighted by Crippen LogP contribution is -2.22. The van der Waals surface area contributed by atoms with E-state index < -0.39 is 7.92 Å². The maximum atomic E-state index is 2.37. The fraction of sp³-hybridized carbons (Fsp3) is 0.304. The molecule has 0 N–H and O–H groups in total. The van der Waals surface area contributed by atoms with Gasteiger partial charge in [0.2, 0.25) is 0 Å². The molecule has 0 aromatic heterocycles. The number of aryl methyl sites for hydroxylation is 2. The lowest BCUT2D eigenvalue weighted by molar-refractivity contribution is 0.801. The molecule has 3 rings (SSSR count). The van der Waals surface area contributed by atoms with Gasteiger partial charge >= 0.3 is 0 Å². The van der Waals surface area contributed by atoms with Gasteiger partial charge in [0.05, 0.1) is 0 Å². The highest BCUT2D eigenvalue weighted by Crippen LogP contribution is 2.52. The molecular weight excluding hydrogens is 339 g/mol. The highest BCUT2D eigenvalue weighted by molar-refractivity contribution is 8.02. The van der Waals surface area contributed by atoms with Crippen LogP contribution in [0.15, 0.2) is 72.1 Å². The van der Waals surface area contributed by atoms with Gasteiger partial charge in [-0.15, -0.1) is 11.8 Å². The van der Waals surface area contributed by atoms with E-state index in [1.54, 1.807) is 5.31 Å². The standard InChI is InChI=1S/C23H27PS/c1-17-11-6-8-13-19(17)24(20-14-9-7-12-18(20)2)21-15-10-16-22(21)25-23(3,4)5/h6-16,22H,1-5H3. The Balaban J connectivity index is 2.10. The molecule has 0 saturated carbocycles.